The number of para-hydroxylation sites is 1. The fourth-order valence-corrected chi connectivity index (χ4v) is 4.98. The molecule has 4 nitrogen and oxygen atoms in total. The minimum Gasteiger partial charge on any atom is -0.451 e. The number of pyridine rings is 1. The molecule has 3 aromatic rings. The van der Waals surface area contributed by atoms with Crippen LogP contribution < -0.4 is 0 Å². The maximum atomic E-state index is 13.5. The van der Waals surface area contributed by atoms with E-state index in [9.17, 15) is 9.59 Å². The highest BCUT2D eigenvalue weighted by molar-refractivity contribution is 6.07. The van der Waals surface area contributed by atoms with E-state index in [-0.39, 0.29) is 5.78 Å². The Bertz CT molecular complexity index is 1210. The maximum absolute atomic E-state index is 13.5. The third-order valence-electron chi connectivity index (χ3n) is 6.51. The number of hydrogen-bond donors (Lipinski definition) is 0. The molecular formula is C28H27NO3. The molecule has 2 atom stereocenters. The highest BCUT2D eigenvalue weighted by atomic mass is 16.5. The summed E-state index contributed by atoms with van der Waals surface area (Å²) in [5.74, 6) is 0.0198. The number of benzene rings is 2. The van der Waals surface area contributed by atoms with E-state index in [1.54, 1.807) is 0 Å². The summed E-state index contributed by atoms with van der Waals surface area (Å²) in [5.41, 5.74) is 5.44. The summed E-state index contributed by atoms with van der Waals surface area (Å²) in [4.78, 5) is 30.8. The van der Waals surface area contributed by atoms with Crippen molar-refractivity contribution in [3.8, 4) is 0 Å². The zero-order valence-corrected chi connectivity index (χ0v) is 18.3. The second-order valence-corrected chi connectivity index (χ2v) is 9.03. The van der Waals surface area contributed by atoms with Gasteiger partial charge in [0.25, 0.3) is 0 Å². The molecule has 0 amide bonds. The van der Waals surface area contributed by atoms with Gasteiger partial charge < -0.3 is 4.74 Å². The Labute approximate surface area is 188 Å². The molecular weight excluding hydrogens is 398 g/mol. The molecule has 1 saturated carbocycles. The van der Waals surface area contributed by atoms with Crippen molar-refractivity contribution in [3.05, 3.63) is 77.0 Å². The largest absolute Gasteiger partial charge is 0.451 e. The average molecular weight is 426 g/mol. The number of hydrogen-bond acceptors (Lipinski definition) is 4. The second-order valence-electron chi connectivity index (χ2n) is 9.03. The monoisotopic (exact) mass is 425 g/mol. The zero-order valence-electron chi connectivity index (χ0n) is 18.3. The molecule has 1 heterocycles. The van der Waals surface area contributed by atoms with Gasteiger partial charge in [0.05, 0.1) is 16.8 Å². The van der Waals surface area contributed by atoms with E-state index >= 15 is 0 Å². The van der Waals surface area contributed by atoms with Gasteiger partial charge in [-0.25, -0.2) is 9.78 Å². The van der Waals surface area contributed by atoms with E-state index in [1.807, 2.05) is 42.5 Å². The van der Waals surface area contributed by atoms with E-state index in [4.69, 9.17) is 9.72 Å². The van der Waals surface area contributed by atoms with Gasteiger partial charge in [-0.15, -0.1) is 0 Å². The predicted molar refractivity (Wildman–Crippen MR) is 126 cm³/mol. The first-order valence-electron chi connectivity index (χ1n) is 11.5. The quantitative estimate of drug-likeness (QED) is 0.481. The van der Waals surface area contributed by atoms with Crippen molar-refractivity contribution in [2.45, 2.75) is 51.6 Å². The first-order valence-corrected chi connectivity index (χ1v) is 11.5. The molecule has 5 rings (SSSR count). The number of allylic oxidation sites excluding steroid dienone is 1. The van der Waals surface area contributed by atoms with Crippen LogP contribution >= 0.6 is 0 Å². The Morgan fingerprint density at radius 1 is 1.03 bits per heavy atom. The summed E-state index contributed by atoms with van der Waals surface area (Å²) in [5, 5.41) is 0.799. The summed E-state index contributed by atoms with van der Waals surface area (Å²) < 4.78 is 5.82. The molecule has 0 N–H and O–H groups in total. The van der Waals surface area contributed by atoms with Gasteiger partial charge in [-0.3, -0.25) is 4.79 Å². The van der Waals surface area contributed by atoms with Crippen molar-refractivity contribution < 1.29 is 14.3 Å². The van der Waals surface area contributed by atoms with Gasteiger partial charge >= 0.3 is 5.97 Å². The van der Waals surface area contributed by atoms with Gasteiger partial charge in [-0.1, -0.05) is 55.5 Å². The van der Waals surface area contributed by atoms with Gasteiger partial charge in [-0.05, 0) is 66.9 Å². The summed E-state index contributed by atoms with van der Waals surface area (Å²) >= 11 is 0. The van der Waals surface area contributed by atoms with Gasteiger partial charge in [-0.2, -0.15) is 0 Å². The average Bonchev–Trinajstić information content (AvgIpc) is 2.80. The molecule has 0 saturated heterocycles. The molecule has 0 spiro atoms. The fraction of sp³-hybridized carbons (Fsp3) is 0.321. The van der Waals surface area contributed by atoms with E-state index in [0.29, 0.717) is 24.3 Å². The van der Waals surface area contributed by atoms with Crippen molar-refractivity contribution in [1.29, 1.82) is 0 Å². The molecule has 1 fully saturated rings. The number of ketones is 1. The van der Waals surface area contributed by atoms with Gasteiger partial charge in [0.1, 0.15) is 0 Å². The number of esters is 1. The topological polar surface area (TPSA) is 56.3 Å². The highest BCUT2D eigenvalue weighted by Crippen LogP contribution is 2.39. The number of carbonyl (C=O) groups excluding carboxylic acids is 2. The van der Waals surface area contributed by atoms with Crippen LogP contribution in [0.25, 0.3) is 22.6 Å². The van der Waals surface area contributed by atoms with E-state index < -0.39 is 12.1 Å². The number of Topliss-reactive ketones (excluding diaryl/α,β-unsaturated/α-hetero) is 1. The van der Waals surface area contributed by atoms with E-state index in [2.05, 4.69) is 25.1 Å². The van der Waals surface area contributed by atoms with Crippen molar-refractivity contribution in [3.63, 3.8) is 0 Å². The van der Waals surface area contributed by atoms with Crippen LogP contribution in [0.3, 0.4) is 0 Å². The van der Waals surface area contributed by atoms with Gasteiger partial charge in [0.15, 0.2) is 11.9 Å². The lowest BCUT2D eigenvalue weighted by atomic mass is 9.80. The number of aromatic nitrogens is 1. The Morgan fingerprint density at radius 3 is 2.62 bits per heavy atom. The second kappa shape index (κ2) is 8.70. The van der Waals surface area contributed by atoms with E-state index in [0.717, 1.165) is 59.0 Å². The minimum absolute atomic E-state index is 0.0369. The fourth-order valence-electron chi connectivity index (χ4n) is 4.98. The van der Waals surface area contributed by atoms with Crippen LogP contribution in [0.15, 0.2) is 54.6 Å². The highest BCUT2D eigenvalue weighted by Gasteiger charge is 2.32. The van der Waals surface area contributed by atoms with Gasteiger partial charge in [0, 0.05) is 11.8 Å². The third kappa shape index (κ3) is 3.97. The summed E-state index contributed by atoms with van der Waals surface area (Å²) in [7, 11) is 0. The molecule has 32 heavy (non-hydrogen) atoms. The molecule has 0 bridgehead atoms. The van der Waals surface area contributed by atoms with Crippen LogP contribution in [-0.2, 0) is 16.0 Å². The van der Waals surface area contributed by atoms with Crippen molar-refractivity contribution in [2.24, 2.45) is 5.92 Å². The lowest BCUT2D eigenvalue weighted by molar-refractivity contribution is -0.129. The zero-order chi connectivity index (χ0) is 22.1. The van der Waals surface area contributed by atoms with Crippen LogP contribution in [0.5, 0.6) is 0 Å². The van der Waals surface area contributed by atoms with Crippen LogP contribution in [-0.4, -0.2) is 22.8 Å². The predicted octanol–water partition coefficient (Wildman–Crippen LogP) is 6.03. The van der Waals surface area contributed by atoms with Crippen LogP contribution in [0.2, 0.25) is 0 Å². The molecule has 1 aromatic heterocycles. The Hall–Kier alpha value is -3.27. The molecule has 4 heteroatoms. The SMILES string of the molecule is C[C@H]1C/C(=C\c2ccccc2)c2nc3ccccc3c(C(=O)O[C@@H]3CCCCC3=O)c2C1. The van der Waals surface area contributed by atoms with Crippen LogP contribution in [0, 0.1) is 5.92 Å². The van der Waals surface area contributed by atoms with Crippen LogP contribution in [0.4, 0.5) is 0 Å². The molecule has 2 aromatic carbocycles. The molecule has 0 radical (unpaired) electrons. The molecule has 162 valence electrons. The normalized spacial score (nSPS) is 22.0. The number of carbonyl (C=O) groups is 2. The Morgan fingerprint density at radius 2 is 1.81 bits per heavy atom. The van der Waals surface area contributed by atoms with Crippen LogP contribution in [0.1, 0.15) is 66.2 Å². The summed E-state index contributed by atoms with van der Waals surface area (Å²) in [6, 6.07) is 18.0. The van der Waals surface area contributed by atoms with Gasteiger partial charge in [0.2, 0.25) is 0 Å². The number of ether oxygens (including phenoxy) is 1. The number of nitrogens with zero attached hydrogens (tertiary/aromatic N) is 1. The first-order chi connectivity index (χ1) is 15.6. The third-order valence-corrected chi connectivity index (χ3v) is 6.51. The number of fused-ring (bicyclic) bond motifs is 2. The smallest absolute Gasteiger partial charge is 0.339 e. The maximum Gasteiger partial charge on any atom is 0.339 e. The lowest BCUT2D eigenvalue weighted by Crippen LogP contribution is -2.31. The van der Waals surface area contributed by atoms with Crippen molar-refractivity contribution in [2.75, 3.05) is 0 Å². The molecule has 2 aliphatic carbocycles. The Balaban J connectivity index is 1.64. The molecule has 0 unspecified atom stereocenters. The Kier molecular flexibility index (Phi) is 5.60. The lowest BCUT2D eigenvalue weighted by Gasteiger charge is -2.27. The standard InChI is InChI=1S/C28H27NO3/c1-18-15-20(17-19-9-3-2-4-10-19)27-22(16-18)26(21-11-5-6-12-23(21)29-27)28(31)32-25-14-8-7-13-24(25)30/h2-6,9-12,17-18,25H,7-8,13-16H2,1H3/b20-17+/t18-,25+/m0/s1. The van der Waals surface area contributed by atoms with Crippen molar-refractivity contribution >= 4 is 34.3 Å². The number of rotatable bonds is 3. The summed E-state index contributed by atoms with van der Waals surface area (Å²) in [6.45, 7) is 2.21. The first kappa shape index (κ1) is 20.6. The minimum atomic E-state index is -0.626. The molecule has 2 aliphatic rings. The summed E-state index contributed by atoms with van der Waals surface area (Å²) in [6.07, 6.45) is 6.13. The van der Waals surface area contributed by atoms with Crippen molar-refractivity contribution in [1.82, 2.24) is 4.98 Å². The van der Waals surface area contributed by atoms with E-state index in [1.165, 1.54) is 0 Å². The molecule has 0 aliphatic heterocycles.